The standard InChI is InChI=1S/C15H27N3O3/c1-15(6-3-7-16-11-15)14(20)17-12-4-8-18(9-5-12)13(19)10-21-2/h12,16H,3-11H2,1-2H3,(H,17,20). The fraction of sp³-hybridized carbons (Fsp3) is 0.867. The average molecular weight is 297 g/mol. The number of carbonyl (C=O) groups is 2. The fourth-order valence-electron chi connectivity index (χ4n) is 3.10. The van der Waals surface area contributed by atoms with E-state index in [2.05, 4.69) is 10.6 Å². The number of likely N-dealkylation sites (tertiary alicyclic amines) is 1. The van der Waals surface area contributed by atoms with Crippen LogP contribution >= 0.6 is 0 Å². The van der Waals surface area contributed by atoms with Gasteiger partial charge in [-0.25, -0.2) is 0 Å². The molecule has 0 radical (unpaired) electrons. The molecular formula is C15H27N3O3. The molecule has 2 amide bonds. The first kappa shape index (κ1) is 16.2. The van der Waals surface area contributed by atoms with Gasteiger partial charge in [0.25, 0.3) is 0 Å². The van der Waals surface area contributed by atoms with Crippen LogP contribution in [0, 0.1) is 5.41 Å². The van der Waals surface area contributed by atoms with E-state index in [-0.39, 0.29) is 29.9 Å². The van der Waals surface area contributed by atoms with Crippen molar-refractivity contribution >= 4 is 11.8 Å². The number of hydrogen-bond acceptors (Lipinski definition) is 4. The van der Waals surface area contributed by atoms with Crippen LogP contribution in [0.3, 0.4) is 0 Å². The van der Waals surface area contributed by atoms with E-state index in [1.807, 2.05) is 11.8 Å². The van der Waals surface area contributed by atoms with Gasteiger partial charge in [0.15, 0.2) is 0 Å². The number of methoxy groups -OCH3 is 1. The zero-order valence-electron chi connectivity index (χ0n) is 13.1. The van der Waals surface area contributed by atoms with Gasteiger partial charge in [-0.1, -0.05) is 0 Å². The highest BCUT2D eigenvalue weighted by molar-refractivity contribution is 5.83. The van der Waals surface area contributed by atoms with Gasteiger partial charge in [0.2, 0.25) is 11.8 Å². The third-order valence-electron chi connectivity index (χ3n) is 4.60. The summed E-state index contributed by atoms with van der Waals surface area (Å²) in [4.78, 5) is 26.0. The Morgan fingerprint density at radius 1 is 1.38 bits per heavy atom. The number of amides is 2. The number of piperidine rings is 2. The maximum absolute atomic E-state index is 12.5. The van der Waals surface area contributed by atoms with Crippen molar-refractivity contribution in [2.45, 2.75) is 38.6 Å². The van der Waals surface area contributed by atoms with Crippen LogP contribution in [0.15, 0.2) is 0 Å². The molecule has 0 saturated carbocycles. The van der Waals surface area contributed by atoms with Crippen molar-refractivity contribution in [2.24, 2.45) is 5.41 Å². The summed E-state index contributed by atoms with van der Waals surface area (Å²) in [7, 11) is 1.53. The fourth-order valence-corrected chi connectivity index (χ4v) is 3.10. The van der Waals surface area contributed by atoms with Gasteiger partial charge in [-0.2, -0.15) is 0 Å². The molecule has 2 aliphatic heterocycles. The first-order valence-electron chi connectivity index (χ1n) is 7.83. The van der Waals surface area contributed by atoms with Crippen molar-refractivity contribution in [3.05, 3.63) is 0 Å². The topological polar surface area (TPSA) is 70.7 Å². The molecule has 120 valence electrons. The van der Waals surface area contributed by atoms with Gasteiger partial charge >= 0.3 is 0 Å². The van der Waals surface area contributed by atoms with Gasteiger partial charge in [0.1, 0.15) is 6.61 Å². The maximum Gasteiger partial charge on any atom is 0.248 e. The lowest BCUT2D eigenvalue weighted by atomic mass is 9.81. The first-order valence-corrected chi connectivity index (χ1v) is 7.83. The normalized spacial score (nSPS) is 27.4. The Balaban J connectivity index is 1.78. The first-order chi connectivity index (χ1) is 10.0. The number of ether oxygens (including phenoxy) is 1. The number of carbonyl (C=O) groups excluding carboxylic acids is 2. The minimum Gasteiger partial charge on any atom is -0.375 e. The monoisotopic (exact) mass is 297 g/mol. The van der Waals surface area contributed by atoms with E-state index in [1.54, 1.807) is 0 Å². The zero-order valence-corrected chi connectivity index (χ0v) is 13.1. The Bertz CT molecular complexity index is 372. The molecular weight excluding hydrogens is 270 g/mol. The summed E-state index contributed by atoms with van der Waals surface area (Å²) in [6.07, 6.45) is 3.64. The van der Waals surface area contributed by atoms with Crippen LogP contribution in [0.4, 0.5) is 0 Å². The summed E-state index contributed by atoms with van der Waals surface area (Å²) in [5.74, 6) is 0.182. The highest BCUT2D eigenvalue weighted by Gasteiger charge is 2.36. The van der Waals surface area contributed by atoms with Gasteiger partial charge in [0.05, 0.1) is 5.41 Å². The van der Waals surface area contributed by atoms with Crippen molar-refractivity contribution in [3.8, 4) is 0 Å². The Hall–Kier alpha value is -1.14. The molecule has 2 N–H and O–H groups in total. The number of hydrogen-bond donors (Lipinski definition) is 2. The molecule has 2 rings (SSSR count). The van der Waals surface area contributed by atoms with Crippen LogP contribution in [0.1, 0.15) is 32.6 Å². The second kappa shape index (κ2) is 7.22. The molecule has 1 unspecified atom stereocenters. The highest BCUT2D eigenvalue weighted by Crippen LogP contribution is 2.26. The van der Waals surface area contributed by atoms with Crippen molar-refractivity contribution in [1.29, 1.82) is 0 Å². The lowest BCUT2D eigenvalue weighted by molar-refractivity contribution is -0.136. The quantitative estimate of drug-likeness (QED) is 0.774. The van der Waals surface area contributed by atoms with E-state index in [0.717, 1.165) is 38.8 Å². The van der Waals surface area contributed by atoms with E-state index in [1.165, 1.54) is 7.11 Å². The van der Waals surface area contributed by atoms with E-state index >= 15 is 0 Å². The zero-order chi connectivity index (χ0) is 15.3. The van der Waals surface area contributed by atoms with Crippen LogP contribution in [0.5, 0.6) is 0 Å². The second-order valence-electron chi connectivity index (χ2n) is 6.40. The maximum atomic E-state index is 12.5. The summed E-state index contributed by atoms with van der Waals surface area (Å²) < 4.78 is 4.87. The van der Waals surface area contributed by atoms with Crippen LogP contribution in [0.2, 0.25) is 0 Å². The van der Waals surface area contributed by atoms with E-state index < -0.39 is 0 Å². The third-order valence-corrected chi connectivity index (χ3v) is 4.60. The van der Waals surface area contributed by atoms with Crippen molar-refractivity contribution in [3.63, 3.8) is 0 Å². The second-order valence-corrected chi connectivity index (χ2v) is 6.40. The van der Waals surface area contributed by atoms with Crippen LogP contribution < -0.4 is 10.6 Å². The Kier molecular flexibility index (Phi) is 5.58. The van der Waals surface area contributed by atoms with Crippen molar-refractivity contribution in [1.82, 2.24) is 15.5 Å². The molecule has 0 aromatic carbocycles. The number of rotatable bonds is 4. The van der Waals surface area contributed by atoms with Crippen molar-refractivity contribution < 1.29 is 14.3 Å². The summed E-state index contributed by atoms with van der Waals surface area (Å²) in [5, 5.41) is 6.47. The molecule has 0 aromatic heterocycles. The molecule has 6 nitrogen and oxygen atoms in total. The SMILES string of the molecule is COCC(=O)N1CCC(NC(=O)C2(C)CCCNC2)CC1. The molecule has 6 heteroatoms. The third kappa shape index (κ3) is 4.17. The lowest BCUT2D eigenvalue weighted by Crippen LogP contribution is -2.53. The molecule has 2 aliphatic rings. The van der Waals surface area contributed by atoms with Gasteiger partial charge in [-0.3, -0.25) is 9.59 Å². The lowest BCUT2D eigenvalue weighted by Gasteiger charge is -2.37. The molecule has 2 saturated heterocycles. The Morgan fingerprint density at radius 2 is 2.10 bits per heavy atom. The van der Waals surface area contributed by atoms with Crippen LogP contribution in [-0.4, -0.2) is 62.7 Å². The number of nitrogens with one attached hydrogen (secondary N) is 2. The predicted molar refractivity (Wildman–Crippen MR) is 79.8 cm³/mol. The summed E-state index contributed by atoms with van der Waals surface area (Å²) in [5.41, 5.74) is -0.290. The van der Waals surface area contributed by atoms with Gasteiger partial charge in [-0.05, 0) is 39.2 Å². The molecule has 0 aromatic rings. The van der Waals surface area contributed by atoms with Crippen LogP contribution in [-0.2, 0) is 14.3 Å². The van der Waals surface area contributed by atoms with E-state index in [9.17, 15) is 9.59 Å². The molecule has 2 heterocycles. The smallest absolute Gasteiger partial charge is 0.248 e. The largest absolute Gasteiger partial charge is 0.375 e. The Morgan fingerprint density at radius 3 is 2.67 bits per heavy atom. The number of nitrogens with zero attached hydrogens (tertiary/aromatic N) is 1. The summed E-state index contributed by atoms with van der Waals surface area (Å²) in [6, 6.07) is 0.183. The minimum absolute atomic E-state index is 0.0331. The molecule has 2 fully saturated rings. The highest BCUT2D eigenvalue weighted by atomic mass is 16.5. The van der Waals surface area contributed by atoms with Crippen LogP contribution in [0.25, 0.3) is 0 Å². The van der Waals surface area contributed by atoms with Crippen molar-refractivity contribution in [2.75, 3.05) is 39.9 Å². The van der Waals surface area contributed by atoms with Gasteiger partial charge in [0, 0.05) is 32.8 Å². The molecule has 0 spiro atoms. The molecule has 0 bridgehead atoms. The molecule has 21 heavy (non-hydrogen) atoms. The van der Waals surface area contributed by atoms with Gasteiger partial charge in [-0.15, -0.1) is 0 Å². The van der Waals surface area contributed by atoms with E-state index in [4.69, 9.17) is 4.74 Å². The Labute approximate surface area is 126 Å². The average Bonchev–Trinajstić information content (AvgIpc) is 2.49. The summed E-state index contributed by atoms with van der Waals surface area (Å²) in [6.45, 7) is 5.32. The summed E-state index contributed by atoms with van der Waals surface area (Å²) >= 11 is 0. The predicted octanol–water partition coefficient (Wildman–Crippen LogP) is 0.130. The molecule has 1 atom stereocenters. The molecule has 0 aliphatic carbocycles. The minimum atomic E-state index is -0.290. The van der Waals surface area contributed by atoms with E-state index in [0.29, 0.717) is 13.1 Å². The van der Waals surface area contributed by atoms with Gasteiger partial charge < -0.3 is 20.3 Å².